The average molecular weight is 611 g/mol. The van der Waals surface area contributed by atoms with E-state index in [0.29, 0.717) is 52.4 Å². The molecule has 1 saturated heterocycles. The maximum absolute atomic E-state index is 13.9. The van der Waals surface area contributed by atoms with E-state index in [0.717, 1.165) is 35.0 Å². The summed E-state index contributed by atoms with van der Waals surface area (Å²) in [7, 11) is 0. The molecule has 9 nitrogen and oxygen atoms in total. The van der Waals surface area contributed by atoms with Crippen LogP contribution in [0.3, 0.4) is 0 Å². The Morgan fingerprint density at radius 3 is 2.61 bits per heavy atom. The van der Waals surface area contributed by atoms with E-state index in [1.165, 1.54) is 16.2 Å². The van der Waals surface area contributed by atoms with E-state index < -0.39 is 17.7 Å². The van der Waals surface area contributed by atoms with E-state index in [2.05, 4.69) is 11.9 Å². The minimum atomic E-state index is -0.973. The number of anilines is 1. The van der Waals surface area contributed by atoms with E-state index in [1.54, 1.807) is 29.7 Å². The number of amides is 1. The average Bonchev–Trinajstić information content (AvgIpc) is 3.66. The molecule has 0 spiro atoms. The molecular weight excluding hydrogens is 576 g/mol. The number of hydrogen-bond donors (Lipinski definition) is 1. The van der Waals surface area contributed by atoms with Crippen molar-refractivity contribution in [2.75, 3.05) is 18.1 Å². The zero-order valence-corrected chi connectivity index (χ0v) is 26.0. The molecule has 10 heteroatoms. The van der Waals surface area contributed by atoms with E-state index in [9.17, 15) is 14.7 Å². The topological polar surface area (TPSA) is 106 Å². The molecule has 4 heterocycles. The molecule has 0 aliphatic carbocycles. The summed E-state index contributed by atoms with van der Waals surface area (Å²) in [5.41, 5.74) is 3.81. The van der Waals surface area contributed by atoms with Crippen LogP contribution in [0.5, 0.6) is 11.5 Å². The van der Waals surface area contributed by atoms with E-state index >= 15 is 0 Å². The first-order chi connectivity index (χ1) is 21.3. The number of aliphatic hydroxyl groups is 1. The number of unbranched alkanes of at least 4 members (excludes halogenated alkanes) is 2. The fourth-order valence-electron chi connectivity index (χ4n) is 5.61. The van der Waals surface area contributed by atoms with Crippen LogP contribution in [0.2, 0.25) is 0 Å². The van der Waals surface area contributed by atoms with Crippen molar-refractivity contribution in [3.8, 4) is 11.5 Å². The van der Waals surface area contributed by atoms with Crippen LogP contribution in [-0.4, -0.2) is 44.4 Å². The number of ketones is 1. The van der Waals surface area contributed by atoms with E-state index in [-0.39, 0.29) is 11.3 Å². The van der Waals surface area contributed by atoms with Gasteiger partial charge in [-0.25, -0.2) is 9.97 Å². The first-order valence-corrected chi connectivity index (χ1v) is 15.7. The molecule has 1 N–H and O–H groups in total. The lowest BCUT2D eigenvalue weighted by Crippen LogP contribution is -2.29. The number of rotatable bonds is 10. The third kappa shape index (κ3) is 5.19. The summed E-state index contributed by atoms with van der Waals surface area (Å²) < 4.78 is 14.6. The number of thiazole rings is 1. The van der Waals surface area contributed by atoms with Gasteiger partial charge in [-0.15, -0.1) is 0 Å². The summed E-state index contributed by atoms with van der Waals surface area (Å²) in [6.45, 7) is 8.72. The van der Waals surface area contributed by atoms with Gasteiger partial charge in [-0.1, -0.05) is 49.3 Å². The van der Waals surface area contributed by atoms with Gasteiger partial charge in [-0.05, 0) is 74.7 Å². The van der Waals surface area contributed by atoms with Crippen molar-refractivity contribution in [1.82, 2.24) is 14.4 Å². The molecule has 1 aliphatic heterocycles. The van der Waals surface area contributed by atoms with Crippen LogP contribution in [0.25, 0.3) is 21.6 Å². The molecular formula is C34H34N4O5S. The molecule has 1 aliphatic rings. The van der Waals surface area contributed by atoms with Crippen LogP contribution in [0.1, 0.15) is 61.7 Å². The molecule has 1 fully saturated rings. The molecule has 6 rings (SSSR count). The van der Waals surface area contributed by atoms with Crippen LogP contribution in [0.15, 0.2) is 66.4 Å². The molecule has 1 unspecified atom stereocenters. The lowest BCUT2D eigenvalue weighted by atomic mass is 9.96. The SMILES string of the molecule is CCCCCOc1ccc(C2C(=C(O)c3c(C)nc4ccccn34)C(=O)C(=O)N2c2nc3ccc(C)cc3s2)cc1OCC. The van der Waals surface area contributed by atoms with Gasteiger partial charge in [0.05, 0.1) is 40.7 Å². The van der Waals surface area contributed by atoms with Crippen molar-refractivity contribution in [1.29, 1.82) is 0 Å². The second-order valence-corrected chi connectivity index (χ2v) is 11.8. The number of benzene rings is 2. The first-order valence-electron chi connectivity index (χ1n) is 14.8. The molecule has 44 heavy (non-hydrogen) atoms. The van der Waals surface area contributed by atoms with Crippen molar-refractivity contribution < 1.29 is 24.2 Å². The summed E-state index contributed by atoms with van der Waals surface area (Å²) in [6, 6.07) is 15.8. The normalized spacial score (nSPS) is 16.4. The van der Waals surface area contributed by atoms with Crippen molar-refractivity contribution in [3.63, 3.8) is 0 Å². The van der Waals surface area contributed by atoms with E-state index in [1.807, 2.05) is 56.3 Å². The van der Waals surface area contributed by atoms with Crippen LogP contribution in [0.4, 0.5) is 5.13 Å². The third-order valence-electron chi connectivity index (χ3n) is 7.70. The number of carbonyl (C=O) groups excluding carboxylic acids is 2. The van der Waals surface area contributed by atoms with Gasteiger partial charge in [0.1, 0.15) is 11.3 Å². The number of pyridine rings is 1. The molecule has 226 valence electrons. The Kier molecular flexibility index (Phi) is 8.09. The number of aryl methyl sites for hydroxylation is 2. The number of aromatic nitrogens is 3. The number of fused-ring (bicyclic) bond motifs is 2. The largest absolute Gasteiger partial charge is 0.505 e. The molecule has 2 aromatic carbocycles. The summed E-state index contributed by atoms with van der Waals surface area (Å²) in [4.78, 5) is 38.5. The number of hydrogen-bond acceptors (Lipinski definition) is 8. The van der Waals surface area contributed by atoms with Gasteiger partial charge in [0.15, 0.2) is 22.4 Å². The van der Waals surface area contributed by atoms with Gasteiger partial charge in [-0.2, -0.15) is 0 Å². The van der Waals surface area contributed by atoms with Gasteiger partial charge in [0.2, 0.25) is 0 Å². The van der Waals surface area contributed by atoms with Crippen LogP contribution >= 0.6 is 11.3 Å². The minimum absolute atomic E-state index is 0.0433. The Morgan fingerprint density at radius 1 is 0.977 bits per heavy atom. The van der Waals surface area contributed by atoms with Gasteiger partial charge in [-0.3, -0.25) is 18.9 Å². The fourth-order valence-corrected chi connectivity index (χ4v) is 6.70. The van der Waals surface area contributed by atoms with Crippen LogP contribution in [0, 0.1) is 13.8 Å². The predicted octanol–water partition coefficient (Wildman–Crippen LogP) is 7.15. The number of ether oxygens (including phenoxy) is 2. The van der Waals surface area contributed by atoms with E-state index in [4.69, 9.17) is 14.5 Å². The quantitative estimate of drug-likeness (QED) is 0.0774. The van der Waals surface area contributed by atoms with Crippen molar-refractivity contribution in [2.45, 2.75) is 53.0 Å². The first kappa shape index (κ1) is 29.4. The Hall–Kier alpha value is -4.70. The highest BCUT2D eigenvalue weighted by atomic mass is 32.1. The summed E-state index contributed by atoms with van der Waals surface area (Å²) in [6.07, 6.45) is 4.82. The zero-order valence-electron chi connectivity index (χ0n) is 25.2. The van der Waals surface area contributed by atoms with Crippen LogP contribution < -0.4 is 14.4 Å². The van der Waals surface area contributed by atoms with Crippen LogP contribution in [-0.2, 0) is 9.59 Å². The molecule has 1 amide bonds. The standard InChI is InChI=1S/C34H34N4O5S/c1-5-7-10-17-43-24-15-13-22(19-25(24)42-6-2)30-28(31(39)29-21(4)35-27-11-8-9-16-37(27)29)32(40)33(41)38(30)34-36-23-14-12-20(3)18-26(23)44-34/h8-9,11-16,18-19,30,39H,5-7,10,17H2,1-4H3. The summed E-state index contributed by atoms with van der Waals surface area (Å²) >= 11 is 1.33. The van der Waals surface area contributed by atoms with Gasteiger partial charge >= 0.3 is 5.91 Å². The predicted molar refractivity (Wildman–Crippen MR) is 172 cm³/mol. The number of imidazole rings is 1. The zero-order chi connectivity index (χ0) is 31.0. The highest BCUT2D eigenvalue weighted by Gasteiger charge is 2.49. The molecule has 3 aromatic heterocycles. The lowest BCUT2D eigenvalue weighted by molar-refractivity contribution is -0.132. The number of nitrogens with zero attached hydrogens (tertiary/aromatic N) is 4. The molecule has 0 radical (unpaired) electrons. The fraction of sp³-hybridized carbons (Fsp3) is 0.294. The third-order valence-corrected chi connectivity index (χ3v) is 8.72. The summed E-state index contributed by atoms with van der Waals surface area (Å²) in [5.74, 6) is -0.792. The second kappa shape index (κ2) is 12.1. The Balaban J connectivity index is 1.54. The summed E-state index contributed by atoms with van der Waals surface area (Å²) in [5, 5.41) is 12.3. The number of Topliss-reactive ketones (excluding diaryl/α,β-unsaturated/α-hetero) is 1. The Labute approximate surface area is 259 Å². The highest BCUT2D eigenvalue weighted by Crippen LogP contribution is 2.46. The monoisotopic (exact) mass is 610 g/mol. The van der Waals surface area contributed by atoms with Gasteiger partial charge < -0.3 is 14.6 Å². The highest BCUT2D eigenvalue weighted by molar-refractivity contribution is 7.22. The molecule has 5 aromatic rings. The lowest BCUT2D eigenvalue weighted by Gasteiger charge is -2.24. The maximum Gasteiger partial charge on any atom is 0.301 e. The molecule has 0 bridgehead atoms. The maximum atomic E-state index is 13.9. The second-order valence-electron chi connectivity index (χ2n) is 10.8. The van der Waals surface area contributed by atoms with Crippen molar-refractivity contribution >= 4 is 49.8 Å². The number of aliphatic hydroxyl groups excluding tert-OH is 1. The van der Waals surface area contributed by atoms with Crippen molar-refractivity contribution in [2.24, 2.45) is 0 Å². The smallest absolute Gasteiger partial charge is 0.301 e. The molecule has 1 atom stereocenters. The Bertz CT molecular complexity index is 1920. The molecule has 0 saturated carbocycles. The number of carbonyl (C=O) groups is 2. The van der Waals surface area contributed by atoms with Gasteiger partial charge in [0.25, 0.3) is 5.78 Å². The Morgan fingerprint density at radius 2 is 1.82 bits per heavy atom. The minimum Gasteiger partial charge on any atom is -0.505 e. The van der Waals surface area contributed by atoms with Crippen molar-refractivity contribution in [3.05, 3.63) is 88.9 Å². The van der Waals surface area contributed by atoms with Gasteiger partial charge in [0, 0.05) is 6.20 Å².